The van der Waals surface area contributed by atoms with Crippen molar-refractivity contribution in [1.82, 2.24) is 9.55 Å². The van der Waals surface area contributed by atoms with E-state index in [1.807, 2.05) is 35.0 Å². The third kappa shape index (κ3) is 3.45. The van der Waals surface area contributed by atoms with E-state index in [2.05, 4.69) is 15.6 Å². The number of carbonyl (C=O) groups excluding carboxylic acids is 1. The van der Waals surface area contributed by atoms with Gasteiger partial charge in [0, 0.05) is 34.5 Å². The number of carbonyl (C=O) groups is 1. The molecule has 0 radical (unpaired) electrons. The lowest BCUT2D eigenvalue weighted by Crippen LogP contribution is -2.19. The fraction of sp³-hybridized carbons (Fsp3) is 0. The molecule has 0 aliphatic rings. The molecule has 0 bridgehead atoms. The van der Waals surface area contributed by atoms with Crippen molar-refractivity contribution in [3.63, 3.8) is 0 Å². The second-order valence-corrected chi connectivity index (χ2v) is 5.04. The van der Waals surface area contributed by atoms with Gasteiger partial charge in [-0.1, -0.05) is 17.7 Å². The van der Waals surface area contributed by atoms with Gasteiger partial charge in [-0.05, 0) is 42.5 Å². The van der Waals surface area contributed by atoms with Crippen LogP contribution in [0.2, 0.25) is 5.02 Å². The van der Waals surface area contributed by atoms with Crippen LogP contribution < -0.4 is 10.6 Å². The van der Waals surface area contributed by atoms with Gasteiger partial charge in [-0.2, -0.15) is 0 Å². The average molecular weight is 313 g/mol. The third-order valence-electron chi connectivity index (χ3n) is 3.01. The number of anilines is 2. The second kappa shape index (κ2) is 6.32. The Morgan fingerprint density at radius 1 is 1.05 bits per heavy atom. The smallest absolute Gasteiger partial charge is 0.308 e. The highest BCUT2D eigenvalue weighted by molar-refractivity contribution is 6.30. The van der Waals surface area contributed by atoms with E-state index in [1.54, 1.807) is 36.8 Å². The molecule has 110 valence electrons. The van der Waals surface area contributed by atoms with Gasteiger partial charge < -0.3 is 15.2 Å². The van der Waals surface area contributed by atoms with Crippen LogP contribution in [0.4, 0.5) is 16.2 Å². The van der Waals surface area contributed by atoms with E-state index >= 15 is 0 Å². The van der Waals surface area contributed by atoms with Crippen molar-refractivity contribution in [3.8, 4) is 5.69 Å². The molecule has 5 nitrogen and oxygen atoms in total. The van der Waals surface area contributed by atoms with Crippen molar-refractivity contribution in [1.29, 1.82) is 0 Å². The number of amides is 2. The zero-order valence-electron chi connectivity index (χ0n) is 11.5. The molecule has 6 heteroatoms. The summed E-state index contributed by atoms with van der Waals surface area (Å²) < 4.78 is 1.88. The molecule has 2 amide bonds. The van der Waals surface area contributed by atoms with Crippen LogP contribution in [-0.2, 0) is 0 Å². The number of rotatable bonds is 3. The topological polar surface area (TPSA) is 59.0 Å². The Kier molecular flexibility index (Phi) is 4.07. The van der Waals surface area contributed by atoms with Crippen molar-refractivity contribution in [3.05, 3.63) is 72.3 Å². The Morgan fingerprint density at radius 2 is 1.82 bits per heavy atom. The van der Waals surface area contributed by atoms with E-state index in [-0.39, 0.29) is 6.03 Å². The largest absolute Gasteiger partial charge is 0.323 e. The molecule has 0 atom stereocenters. The van der Waals surface area contributed by atoms with E-state index < -0.39 is 0 Å². The summed E-state index contributed by atoms with van der Waals surface area (Å²) >= 11 is 5.88. The summed E-state index contributed by atoms with van der Waals surface area (Å²) in [6, 6.07) is 14.1. The quantitative estimate of drug-likeness (QED) is 0.762. The number of aromatic nitrogens is 2. The van der Waals surface area contributed by atoms with Crippen molar-refractivity contribution >= 4 is 29.0 Å². The fourth-order valence-electron chi connectivity index (χ4n) is 1.99. The fourth-order valence-corrected chi connectivity index (χ4v) is 2.18. The Balaban J connectivity index is 1.64. The molecule has 0 aliphatic carbocycles. The highest BCUT2D eigenvalue weighted by Crippen LogP contribution is 2.16. The molecule has 0 spiro atoms. The SMILES string of the molecule is O=C(Nc1ccc(-n2ccnc2)cc1)Nc1cccc(Cl)c1. The van der Waals surface area contributed by atoms with Crippen LogP contribution in [0.3, 0.4) is 0 Å². The maximum Gasteiger partial charge on any atom is 0.323 e. The summed E-state index contributed by atoms with van der Waals surface area (Å²) in [4.78, 5) is 15.9. The lowest BCUT2D eigenvalue weighted by molar-refractivity contribution is 0.262. The maximum atomic E-state index is 11.9. The average Bonchev–Trinajstić information content (AvgIpc) is 3.02. The minimum Gasteiger partial charge on any atom is -0.308 e. The zero-order valence-corrected chi connectivity index (χ0v) is 12.3. The molecular formula is C16H13ClN4O. The first-order valence-electron chi connectivity index (χ1n) is 6.63. The monoisotopic (exact) mass is 312 g/mol. The summed E-state index contributed by atoms with van der Waals surface area (Å²) in [5.74, 6) is 0. The summed E-state index contributed by atoms with van der Waals surface area (Å²) in [6.07, 6.45) is 5.28. The Morgan fingerprint density at radius 3 is 2.50 bits per heavy atom. The van der Waals surface area contributed by atoms with Crippen molar-refractivity contribution in [2.45, 2.75) is 0 Å². The van der Waals surface area contributed by atoms with Crippen LogP contribution in [0.25, 0.3) is 5.69 Å². The van der Waals surface area contributed by atoms with Gasteiger partial charge in [0.15, 0.2) is 0 Å². The standard InChI is InChI=1S/C16H13ClN4O/c17-12-2-1-3-14(10-12)20-16(22)19-13-4-6-15(7-5-13)21-9-8-18-11-21/h1-11H,(H2,19,20,22). The Bertz CT molecular complexity index is 769. The molecule has 3 rings (SSSR count). The molecule has 2 aromatic carbocycles. The second-order valence-electron chi connectivity index (χ2n) is 4.61. The number of nitrogens with one attached hydrogen (secondary N) is 2. The number of urea groups is 1. The van der Waals surface area contributed by atoms with Crippen LogP contribution in [-0.4, -0.2) is 15.6 Å². The van der Waals surface area contributed by atoms with Gasteiger partial charge >= 0.3 is 6.03 Å². The van der Waals surface area contributed by atoms with Gasteiger partial charge in [0.2, 0.25) is 0 Å². The summed E-state index contributed by atoms with van der Waals surface area (Å²) in [5.41, 5.74) is 2.31. The van der Waals surface area contributed by atoms with Gasteiger partial charge in [-0.25, -0.2) is 9.78 Å². The molecule has 0 fully saturated rings. The molecule has 0 unspecified atom stereocenters. The predicted octanol–water partition coefficient (Wildman–Crippen LogP) is 4.17. The molecule has 1 aromatic heterocycles. The first kappa shape index (κ1) is 14.2. The molecule has 0 saturated heterocycles. The van der Waals surface area contributed by atoms with Crippen molar-refractivity contribution < 1.29 is 4.79 Å². The minimum atomic E-state index is -0.322. The van der Waals surface area contributed by atoms with E-state index in [0.29, 0.717) is 16.4 Å². The van der Waals surface area contributed by atoms with E-state index in [9.17, 15) is 4.79 Å². The van der Waals surface area contributed by atoms with Gasteiger partial charge in [-0.3, -0.25) is 0 Å². The summed E-state index contributed by atoms with van der Waals surface area (Å²) in [5, 5.41) is 6.06. The number of halogens is 1. The van der Waals surface area contributed by atoms with Crippen LogP contribution in [0.1, 0.15) is 0 Å². The highest BCUT2D eigenvalue weighted by atomic mass is 35.5. The van der Waals surface area contributed by atoms with Gasteiger partial charge in [0.05, 0.1) is 6.33 Å². The molecular weight excluding hydrogens is 300 g/mol. The zero-order chi connectivity index (χ0) is 15.4. The maximum absolute atomic E-state index is 11.9. The Hall–Kier alpha value is -2.79. The first-order valence-corrected chi connectivity index (χ1v) is 7.00. The lowest BCUT2D eigenvalue weighted by atomic mass is 10.3. The minimum absolute atomic E-state index is 0.322. The molecule has 22 heavy (non-hydrogen) atoms. The predicted molar refractivity (Wildman–Crippen MR) is 87.7 cm³/mol. The van der Waals surface area contributed by atoms with Crippen LogP contribution in [0.15, 0.2) is 67.3 Å². The van der Waals surface area contributed by atoms with Crippen molar-refractivity contribution in [2.75, 3.05) is 10.6 Å². The number of hydrogen-bond donors (Lipinski definition) is 2. The molecule has 3 aromatic rings. The summed E-state index contributed by atoms with van der Waals surface area (Å²) in [7, 11) is 0. The number of benzene rings is 2. The highest BCUT2D eigenvalue weighted by Gasteiger charge is 2.03. The van der Waals surface area contributed by atoms with Gasteiger partial charge in [0.1, 0.15) is 0 Å². The normalized spacial score (nSPS) is 10.2. The lowest BCUT2D eigenvalue weighted by Gasteiger charge is -2.09. The number of imidazole rings is 1. The van der Waals surface area contributed by atoms with Crippen LogP contribution in [0.5, 0.6) is 0 Å². The van der Waals surface area contributed by atoms with Crippen LogP contribution in [0, 0.1) is 0 Å². The first-order chi connectivity index (χ1) is 10.7. The van der Waals surface area contributed by atoms with Crippen molar-refractivity contribution in [2.24, 2.45) is 0 Å². The number of nitrogens with zero attached hydrogens (tertiary/aromatic N) is 2. The molecule has 1 heterocycles. The van der Waals surface area contributed by atoms with Crippen LogP contribution >= 0.6 is 11.6 Å². The van der Waals surface area contributed by atoms with E-state index in [1.165, 1.54) is 0 Å². The molecule has 0 saturated carbocycles. The Labute approximate surface area is 132 Å². The van der Waals surface area contributed by atoms with Gasteiger partial charge in [-0.15, -0.1) is 0 Å². The molecule has 0 aliphatic heterocycles. The van der Waals surface area contributed by atoms with Gasteiger partial charge in [0.25, 0.3) is 0 Å². The molecule has 2 N–H and O–H groups in total. The van der Waals surface area contributed by atoms with E-state index in [0.717, 1.165) is 5.69 Å². The number of hydrogen-bond acceptors (Lipinski definition) is 2. The third-order valence-corrected chi connectivity index (χ3v) is 3.25. The summed E-state index contributed by atoms with van der Waals surface area (Å²) in [6.45, 7) is 0. The van der Waals surface area contributed by atoms with E-state index in [4.69, 9.17) is 11.6 Å².